The van der Waals surface area contributed by atoms with Crippen molar-refractivity contribution in [2.75, 3.05) is 13.1 Å². The third-order valence-corrected chi connectivity index (χ3v) is 3.64. The van der Waals surface area contributed by atoms with Crippen LogP contribution in [0.1, 0.15) is 25.3 Å². The highest BCUT2D eigenvalue weighted by Gasteiger charge is 2.21. The molecule has 0 bridgehead atoms. The van der Waals surface area contributed by atoms with Gasteiger partial charge in [0.25, 0.3) is 0 Å². The van der Waals surface area contributed by atoms with E-state index >= 15 is 0 Å². The van der Waals surface area contributed by atoms with Crippen LogP contribution in [0.4, 0.5) is 4.39 Å². The van der Waals surface area contributed by atoms with E-state index in [1.807, 2.05) is 6.20 Å². The molecule has 0 aliphatic heterocycles. The summed E-state index contributed by atoms with van der Waals surface area (Å²) in [6.45, 7) is 3.61. The highest BCUT2D eigenvalue weighted by atomic mass is 19.1. The Morgan fingerprint density at radius 3 is 3.05 bits per heavy atom. The predicted molar refractivity (Wildman–Crippen MR) is 84.1 cm³/mol. The normalized spacial score (nSPS) is 15.4. The molecule has 1 aromatic carbocycles. The Bertz CT molecular complexity index is 643. The van der Waals surface area contributed by atoms with Crippen LogP contribution in [0.15, 0.2) is 29.4 Å². The van der Waals surface area contributed by atoms with Crippen LogP contribution >= 0.6 is 0 Å². The Morgan fingerprint density at radius 2 is 2.29 bits per heavy atom. The van der Waals surface area contributed by atoms with Gasteiger partial charge in [0.15, 0.2) is 5.96 Å². The van der Waals surface area contributed by atoms with Crippen LogP contribution in [0.3, 0.4) is 0 Å². The van der Waals surface area contributed by atoms with Crippen molar-refractivity contribution in [3.63, 3.8) is 0 Å². The number of benzene rings is 1. The number of hydrogen-bond acceptors (Lipinski definition) is 1. The fourth-order valence-electron chi connectivity index (χ4n) is 2.39. The SMILES string of the molecule is CCNC(=NCCc1c[nH]c2ccc(F)cc12)NC1CC1. The van der Waals surface area contributed by atoms with E-state index in [9.17, 15) is 4.39 Å². The third-order valence-electron chi connectivity index (χ3n) is 3.64. The molecule has 0 saturated heterocycles. The molecule has 0 radical (unpaired) electrons. The van der Waals surface area contributed by atoms with Gasteiger partial charge >= 0.3 is 0 Å². The maximum absolute atomic E-state index is 13.3. The van der Waals surface area contributed by atoms with Crippen LogP contribution < -0.4 is 10.6 Å². The van der Waals surface area contributed by atoms with Gasteiger partial charge in [-0.1, -0.05) is 0 Å². The van der Waals surface area contributed by atoms with Gasteiger partial charge in [-0.25, -0.2) is 4.39 Å². The number of aromatic nitrogens is 1. The molecule has 5 heteroatoms. The summed E-state index contributed by atoms with van der Waals surface area (Å²) < 4.78 is 13.3. The fraction of sp³-hybridized carbons (Fsp3) is 0.438. The van der Waals surface area contributed by atoms with E-state index in [0.29, 0.717) is 12.6 Å². The lowest BCUT2D eigenvalue weighted by Gasteiger charge is -2.09. The zero-order chi connectivity index (χ0) is 14.7. The first-order chi connectivity index (χ1) is 10.3. The van der Waals surface area contributed by atoms with Crippen molar-refractivity contribution in [2.24, 2.45) is 4.99 Å². The Hall–Kier alpha value is -2.04. The smallest absolute Gasteiger partial charge is 0.191 e. The minimum Gasteiger partial charge on any atom is -0.361 e. The van der Waals surface area contributed by atoms with E-state index in [1.165, 1.54) is 18.9 Å². The maximum atomic E-state index is 13.3. The number of aromatic amines is 1. The molecule has 0 spiro atoms. The van der Waals surface area contributed by atoms with Gasteiger partial charge in [-0.15, -0.1) is 0 Å². The van der Waals surface area contributed by atoms with Crippen molar-refractivity contribution in [2.45, 2.75) is 32.2 Å². The van der Waals surface area contributed by atoms with Crippen LogP contribution in [0.5, 0.6) is 0 Å². The Labute approximate surface area is 123 Å². The molecule has 2 aromatic rings. The number of guanidine groups is 1. The average molecular weight is 288 g/mol. The molecule has 1 fully saturated rings. The summed E-state index contributed by atoms with van der Waals surface area (Å²) >= 11 is 0. The molecule has 1 aliphatic carbocycles. The molecule has 1 heterocycles. The lowest BCUT2D eigenvalue weighted by atomic mass is 10.1. The van der Waals surface area contributed by atoms with Gasteiger partial charge in [-0.05, 0) is 49.9 Å². The van der Waals surface area contributed by atoms with Crippen LogP contribution in [0.2, 0.25) is 0 Å². The molecule has 1 saturated carbocycles. The molecule has 0 atom stereocenters. The molecule has 4 nitrogen and oxygen atoms in total. The first kappa shape index (κ1) is 13.9. The summed E-state index contributed by atoms with van der Waals surface area (Å²) in [5.41, 5.74) is 2.08. The van der Waals surface area contributed by atoms with E-state index in [-0.39, 0.29) is 5.82 Å². The zero-order valence-corrected chi connectivity index (χ0v) is 12.2. The molecule has 3 rings (SSSR count). The minimum atomic E-state index is -0.199. The number of aliphatic imine (C=N–C) groups is 1. The number of hydrogen-bond donors (Lipinski definition) is 3. The summed E-state index contributed by atoms with van der Waals surface area (Å²) in [6, 6.07) is 5.42. The number of fused-ring (bicyclic) bond motifs is 1. The molecule has 1 aromatic heterocycles. The Morgan fingerprint density at radius 1 is 1.43 bits per heavy atom. The summed E-state index contributed by atoms with van der Waals surface area (Å²) in [5, 5.41) is 7.59. The van der Waals surface area contributed by atoms with E-state index in [0.717, 1.165) is 35.4 Å². The van der Waals surface area contributed by atoms with Gasteiger partial charge < -0.3 is 15.6 Å². The Kier molecular flexibility index (Phi) is 4.08. The second-order valence-corrected chi connectivity index (χ2v) is 5.43. The highest BCUT2D eigenvalue weighted by Crippen LogP contribution is 2.20. The van der Waals surface area contributed by atoms with Gasteiger partial charge in [0.1, 0.15) is 5.82 Å². The molecule has 0 amide bonds. The van der Waals surface area contributed by atoms with E-state index in [4.69, 9.17) is 0 Å². The summed E-state index contributed by atoms with van der Waals surface area (Å²) in [4.78, 5) is 7.76. The quantitative estimate of drug-likeness (QED) is 0.585. The van der Waals surface area contributed by atoms with Crippen molar-refractivity contribution < 1.29 is 4.39 Å². The molecule has 21 heavy (non-hydrogen) atoms. The number of halogens is 1. The van der Waals surface area contributed by atoms with Gasteiger partial charge in [0.05, 0.1) is 0 Å². The second kappa shape index (κ2) is 6.16. The van der Waals surface area contributed by atoms with Crippen LogP contribution in [0.25, 0.3) is 10.9 Å². The number of nitrogens with one attached hydrogen (secondary N) is 3. The first-order valence-corrected chi connectivity index (χ1v) is 7.56. The van der Waals surface area contributed by atoms with Crippen molar-refractivity contribution in [3.05, 3.63) is 35.8 Å². The average Bonchev–Trinajstić information content (AvgIpc) is 3.20. The molecular weight excluding hydrogens is 267 g/mol. The van der Waals surface area contributed by atoms with Crippen molar-refractivity contribution in [1.82, 2.24) is 15.6 Å². The highest BCUT2D eigenvalue weighted by molar-refractivity contribution is 5.83. The van der Waals surface area contributed by atoms with Gasteiger partial charge in [0.2, 0.25) is 0 Å². The summed E-state index contributed by atoms with van der Waals surface area (Å²) in [7, 11) is 0. The van der Waals surface area contributed by atoms with E-state index < -0.39 is 0 Å². The fourth-order valence-corrected chi connectivity index (χ4v) is 2.39. The molecule has 0 unspecified atom stereocenters. The van der Waals surface area contributed by atoms with Gasteiger partial charge in [-0.2, -0.15) is 0 Å². The number of nitrogens with zero attached hydrogens (tertiary/aromatic N) is 1. The Balaban J connectivity index is 1.65. The minimum absolute atomic E-state index is 0.199. The lowest BCUT2D eigenvalue weighted by molar-refractivity contribution is 0.629. The van der Waals surface area contributed by atoms with E-state index in [2.05, 4.69) is 27.5 Å². The summed E-state index contributed by atoms with van der Waals surface area (Å²) in [5.74, 6) is 0.682. The van der Waals surface area contributed by atoms with E-state index in [1.54, 1.807) is 12.1 Å². The van der Waals surface area contributed by atoms with Gasteiger partial charge in [0, 0.05) is 36.2 Å². The topological polar surface area (TPSA) is 52.2 Å². The second-order valence-electron chi connectivity index (χ2n) is 5.43. The lowest BCUT2D eigenvalue weighted by Crippen LogP contribution is -2.38. The largest absolute Gasteiger partial charge is 0.361 e. The maximum Gasteiger partial charge on any atom is 0.191 e. The third kappa shape index (κ3) is 3.54. The van der Waals surface area contributed by atoms with Crippen molar-refractivity contribution >= 4 is 16.9 Å². The molecule has 1 aliphatic rings. The zero-order valence-electron chi connectivity index (χ0n) is 12.2. The number of rotatable bonds is 5. The summed E-state index contributed by atoms with van der Waals surface area (Å²) in [6.07, 6.45) is 5.20. The number of H-pyrrole nitrogens is 1. The molecule has 112 valence electrons. The molecular formula is C16H21FN4. The van der Waals surface area contributed by atoms with Gasteiger partial charge in [-0.3, -0.25) is 4.99 Å². The van der Waals surface area contributed by atoms with Crippen LogP contribution in [0, 0.1) is 5.82 Å². The molecule has 3 N–H and O–H groups in total. The predicted octanol–water partition coefficient (Wildman–Crippen LogP) is 2.57. The van der Waals surface area contributed by atoms with Crippen LogP contribution in [-0.4, -0.2) is 30.1 Å². The monoisotopic (exact) mass is 288 g/mol. The first-order valence-electron chi connectivity index (χ1n) is 7.56. The van der Waals surface area contributed by atoms with Crippen molar-refractivity contribution in [1.29, 1.82) is 0 Å². The van der Waals surface area contributed by atoms with Crippen LogP contribution in [-0.2, 0) is 6.42 Å². The van der Waals surface area contributed by atoms with Crippen molar-refractivity contribution in [3.8, 4) is 0 Å². The standard InChI is InChI=1S/C16H21FN4/c1-2-18-16(21-13-4-5-13)19-8-7-11-10-20-15-6-3-12(17)9-14(11)15/h3,6,9-10,13,20H,2,4-5,7-8H2,1H3,(H2,18,19,21).